The molecule has 6 heteroatoms. The number of aromatic nitrogens is 3. The molecule has 28 heavy (non-hydrogen) atoms. The lowest BCUT2D eigenvalue weighted by molar-refractivity contribution is -0.117. The number of rotatable bonds is 6. The van der Waals surface area contributed by atoms with Gasteiger partial charge in [0.2, 0.25) is 5.91 Å². The quantitative estimate of drug-likeness (QED) is 0.476. The van der Waals surface area contributed by atoms with Crippen LogP contribution in [-0.4, -0.2) is 28.4 Å². The lowest BCUT2D eigenvalue weighted by Crippen LogP contribution is -2.28. The molecule has 0 aliphatic heterocycles. The zero-order valence-electron chi connectivity index (χ0n) is 17.3. The second kappa shape index (κ2) is 9.73. The molecule has 0 spiro atoms. The Hall–Kier alpha value is -2.34. The number of aromatic amines is 1. The molecular weight excluding hydrogens is 368 g/mol. The summed E-state index contributed by atoms with van der Waals surface area (Å²) in [6.07, 6.45) is 15.2. The molecule has 2 rings (SSSR count). The Bertz CT molecular complexity index is 869. The van der Waals surface area contributed by atoms with Crippen molar-refractivity contribution in [1.82, 2.24) is 20.7 Å². The second-order valence-corrected chi connectivity index (χ2v) is 8.19. The van der Waals surface area contributed by atoms with E-state index in [1.807, 2.05) is 31.2 Å². The highest BCUT2D eigenvalue weighted by Crippen LogP contribution is 2.41. The van der Waals surface area contributed by atoms with Crippen LogP contribution in [0.25, 0.3) is 6.08 Å². The largest absolute Gasteiger partial charge is 0.355 e. The van der Waals surface area contributed by atoms with Crippen molar-refractivity contribution in [1.29, 1.82) is 0 Å². The maximum atomic E-state index is 12.3. The number of nitrogens with zero attached hydrogens (tertiary/aromatic N) is 2. The van der Waals surface area contributed by atoms with Crippen LogP contribution in [0.1, 0.15) is 52.7 Å². The summed E-state index contributed by atoms with van der Waals surface area (Å²) >= 11 is 4.26. The van der Waals surface area contributed by atoms with Gasteiger partial charge in [0.15, 0.2) is 0 Å². The Kier molecular flexibility index (Phi) is 7.63. The first-order valence-electron chi connectivity index (χ1n) is 9.51. The highest BCUT2D eigenvalue weighted by molar-refractivity contribution is 7.80. The van der Waals surface area contributed by atoms with E-state index in [9.17, 15) is 4.79 Å². The van der Waals surface area contributed by atoms with Crippen molar-refractivity contribution >= 4 is 24.6 Å². The van der Waals surface area contributed by atoms with Gasteiger partial charge in [-0.1, -0.05) is 55.0 Å². The molecule has 0 radical (unpaired) electrons. The molecule has 5 nitrogen and oxygen atoms in total. The van der Waals surface area contributed by atoms with E-state index in [-0.39, 0.29) is 11.3 Å². The molecule has 0 fully saturated rings. The zero-order chi connectivity index (χ0) is 20.7. The minimum absolute atomic E-state index is 0.00814. The van der Waals surface area contributed by atoms with E-state index in [4.69, 9.17) is 0 Å². The number of thiol groups is 1. The highest BCUT2D eigenvalue weighted by Gasteiger charge is 2.30. The summed E-state index contributed by atoms with van der Waals surface area (Å²) in [5.41, 5.74) is 4.94. The Balaban J connectivity index is 2.15. The number of hydrogen-bond acceptors (Lipinski definition) is 4. The van der Waals surface area contributed by atoms with Gasteiger partial charge in [-0.25, -0.2) is 0 Å². The van der Waals surface area contributed by atoms with Gasteiger partial charge in [-0.2, -0.15) is 0 Å². The number of amides is 1. The van der Waals surface area contributed by atoms with Crippen molar-refractivity contribution in [3.8, 4) is 0 Å². The van der Waals surface area contributed by atoms with Crippen LogP contribution in [0.5, 0.6) is 0 Å². The monoisotopic (exact) mass is 398 g/mol. The molecule has 2 N–H and O–H groups in total. The molecule has 1 aromatic heterocycles. The van der Waals surface area contributed by atoms with Crippen molar-refractivity contribution in [3.05, 3.63) is 58.4 Å². The molecule has 0 bridgehead atoms. The number of carbonyl (C=O) groups excluding carboxylic acids is 1. The summed E-state index contributed by atoms with van der Waals surface area (Å²) in [4.78, 5) is 12.3. The van der Waals surface area contributed by atoms with Gasteiger partial charge in [0.25, 0.3) is 0 Å². The van der Waals surface area contributed by atoms with E-state index >= 15 is 0 Å². The average molecular weight is 399 g/mol. The first-order valence-corrected chi connectivity index (χ1v) is 9.96. The van der Waals surface area contributed by atoms with Crippen LogP contribution in [0, 0.1) is 5.41 Å². The van der Waals surface area contributed by atoms with Crippen molar-refractivity contribution in [2.24, 2.45) is 5.41 Å². The normalized spacial score (nSPS) is 18.4. The number of likely N-dealkylation sites (N-methyl/N-ethyl adjacent to an activating group) is 1. The summed E-state index contributed by atoms with van der Waals surface area (Å²) in [5.74, 6) is 0.0335. The van der Waals surface area contributed by atoms with Crippen molar-refractivity contribution in [3.63, 3.8) is 0 Å². The van der Waals surface area contributed by atoms with Gasteiger partial charge in [0.05, 0.1) is 0 Å². The number of carbonyl (C=O) groups is 1. The third kappa shape index (κ3) is 5.83. The molecule has 1 amide bonds. The van der Waals surface area contributed by atoms with Gasteiger partial charge < -0.3 is 5.32 Å². The van der Waals surface area contributed by atoms with E-state index in [0.717, 1.165) is 47.2 Å². The standard InChI is InChI=1S/C22H30N4OS/c1-15(8-6-9-16(2)14-19-21(28)25-26-24-19)11-12-18-17(20(27)23-5)10-7-13-22(18,3)4/h6,8-9,11-12,14H,7,10,13H2,1-5H3,(H,23,27)(H2,24,25,26,28)/b9-6+,12-11+,15-8+,16-14+. The van der Waals surface area contributed by atoms with Crippen LogP contribution in [0.4, 0.5) is 0 Å². The molecule has 0 unspecified atom stereocenters. The second-order valence-electron chi connectivity index (χ2n) is 7.75. The summed E-state index contributed by atoms with van der Waals surface area (Å²) < 4.78 is 0. The van der Waals surface area contributed by atoms with Crippen LogP contribution in [0.15, 0.2) is 57.7 Å². The number of nitrogens with one attached hydrogen (secondary N) is 2. The maximum absolute atomic E-state index is 12.3. The zero-order valence-corrected chi connectivity index (χ0v) is 18.2. The number of allylic oxidation sites excluding steroid dienone is 8. The molecule has 1 heterocycles. The van der Waals surface area contributed by atoms with Crippen LogP contribution in [0.2, 0.25) is 0 Å². The first kappa shape index (κ1) is 22.0. The van der Waals surface area contributed by atoms with E-state index < -0.39 is 0 Å². The minimum Gasteiger partial charge on any atom is -0.355 e. The van der Waals surface area contributed by atoms with Gasteiger partial charge >= 0.3 is 0 Å². The summed E-state index contributed by atoms with van der Waals surface area (Å²) in [7, 11) is 1.69. The summed E-state index contributed by atoms with van der Waals surface area (Å²) in [6.45, 7) is 8.48. The third-order valence-corrected chi connectivity index (χ3v) is 5.26. The molecule has 1 aromatic rings. The van der Waals surface area contributed by atoms with Crippen LogP contribution in [-0.2, 0) is 4.79 Å². The highest BCUT2D eigenvalue weighted by atomic mass is 32.1. The smallest absolute Gasteiger partial charge is 0.247 e. The molecule has 0 atom stereocenters. The summed E-state index contributed by atoms with van der Waals surface area (Å²) in [6, 6.07) is 0. The number of hydrogen-bond donors (Lipinski definition) is 3. The maximum Gasteiger partial charge on any atom is 0.247 e. The predicted octanol–water partition coefficient (Wildman–Crippen LogP) is 4.81. The fourth-order valence-electron chi connectivity index (χ4n) is 3.31. The SMILES string of the molecule is CNC(=O)C1=C(/C=C/C(C)=C/C=C/C(C)=C/c2nn[nH]c2S)C(C)(C)CCC1. The van der Waals surface area contributed by atoms with E-state index in [1.54, 1.807) is 7.05 Å². The van der Waals surface area contributed by atoms with Crippen LogP contribution < -0.4 is 5.32 Å². The fraction of sp³-hybridized carbons (Fsp3) is 0.409. The molecule has 0 saturated heterocycles. The Labute approximate surface area is 173 Å². The molecule has 0 aromatic carbocycles. The van der Waals surface area contributed by atoms with Crippen LogP contribution >= 0.6 is 12.6 Å². The van der Waals surface area contributed by atoms with E-state index in [1.165, 1.54) is 0 Å². The van der Waals surface area contributed by atoms with Crippen LogP contribution in [0.3, 0.4) is 0 Å². The Morgan fingerprint density at radius 2 is 2.00 bits per heavy atom. The molecule has 1 aliphatic rings. The number of H-pyrrole nitrogens is 1. The van der Waals surface area contributed by atoms with Crippen molar-refractivity contribution in [2.75, 3.05) is 7.05 Å². The Morgan fingerprint density at radius 1 is 1.25 bits per heavy atom. The minimum atomic E-state index is 0.00814. The van der Waals surface area contributed by atoms with Gasteiger partial charge in [-0.3, -0.25) is 9.89 Å². The van der Waals surface area contributed by atoms with Gasteiger partial charge in [-0.05, 0) is 55.7 Å². The van der Waals surface area contributed by atoms with Gasteiger partial charge in [0, 0.05) is 12.6 Å². The molecule has 150 valence electrons. The van der Waals surface area contributed by atoms with E-state index in [0.29, 0.717) is 5.03 Å². The lowest BCUT2D eigenvalue weighted by Gasteiger charge is -2.33. The molecule has 0 saturated carbocycles. The first-order chi connectivity index (χ1) is 13.2. The predicted molar refractivity (Wildman–Crippen MR) is 118 cm³/mol. The lowest BCUT2D eigenvalue weighted by atomic mass is 9.72. The molecule has 1 aliphatic carbocycles. The van der Waals surface area contributed by atoms with Gasteiger partial charge in [0.1, 0.15) is 10.7 Å². The fourth-order valence-corrected chi connectivity index (χ4v) is 3.47. The van der Waals surface area contributed by atoms with Gasteiger partial charge in [-0.15, -0.1) is 17.7 Å². The van der Waals surface area contributed by atoms with E-state index in [2.05, 4.69) is 66.3 Å². The summed E-state index contributed by atoms with van der Waals surface area (Å²) in [5, 5.41) is 13.8. The Morgan fingerprint density at radius 3 is 2.64 bits per heavy atom. The molecular formula is C22H30N4OS. The van der Waals surface area contributed by atoms with Crippen molar-refractivity contribution in [2.45, 2.75) is 52.0 Å². The van der Waals surface area contributed by atoms with Crippen molar-refractivity contribution < 1.29 is 4.79 Å². The average Bonchev–Trinajstić information content (AvgIpc) is 3.03. The topological polar surface area (TPSA) is 70.7 Å². The third-order valence-electron chi connectivity index (χ3n) is 4.94.